The SMILES string of the molecule is CCC[C@@H]1CC2(C(=O)OC(C)(C)OC2=O)[C@H]2CCCC[C@@H]12.CCC[C@H]1CC2(C(=O)OC(C)(C)OC2=O)[C@@H]2CCCC[C@H]12. The Morgan fingerprint density at radius 3 is 1.17 bits per heavy atom. The molecule has 2 spiro atoms. The molecule has 4 saturated carbocycles. The third kappa shape index (κ3) is 5.16. The zero-order chi connectivity index (χ0) is 30.5. The Kier molecular flexibility index (Phi) is 8.52. The van der Waals surface area contributed by atoms with Crippen molar-refractivity contribution in [2.24, 2.45) is 46.3 Å². The molecule has 0 amide bonds. The van der Waals surface area contributed by atoms with Crippen LogP contribution in [0.1, 0.15) is 131 Å². The van der Waals surface area contributed by atoms with E-state index in [1.54, 1.807) is 27.7 Å². The minimum absolute atomic E-state index is 0.124. The highest BCUT2D eigenvalue weighted by Gasteiger charge is 2.68. The van der Waals surface area contributed by atoms with Gasteiger partial charge in [-0.15, -0.1) is 0 Å². The quantitative estimate of drug-likeness (QED) is 0.259. The van der Waals surface area contributed by atoms with Crippen LogP contribution in [-0.4, -0.2) is 35.5 Å². The number of carbonyl (C=O) groups is 4. The molecular formula is C34H52O8. The van der Waals surface area contributed by atoms with Gasteiger partial charge in [-0.05, 0) is 74.0 Å². The fourth-order valence-electron chi connectivity index (χ4n) is 9.88. The van der Waals surface area contributed by atoms with Crippen molar-refractivity contribution in [2.75, 3.05) is 0 Å². The lowest BCUT2D eigenvalue weighted by molar-refractivity contribution is -0.256. The van der Waals surface area contributed by atoms with Crippen molar-refractivity contribution in [3.05, 3.63) is 0 Å². The maximum absolute atomic E-state index is 12.7. The summed E-state index contributed by atoms with van der Waals surface area (Å²) >= 11 is 0. The molecule has 42 heavy (non-hydrogen) atoms. The van der Waals surface area contributed by atoms with E-state index < -0.39 is 22.4 Å². The number of carbonyl (C=O) groups excluding carboxylic acids is 4. The van der Waals surface area contributed by atoms with Gasteiger partial charge in [-0.2, -0.15) is 0 Å². The van der Waals surface area contributed by atoms with Crippen molar-refractivity contribution in [2.45, 2.75) is 143 Å². The van der Waals surface area contributed by atoms with Gasteiger partial charge in [0, 0.05) is 27.7 Å². The molecule has 6 aliphatic rings. The van der Waals surface area contributed by atoms with Gasteiger partial charge in [0.25, 0.3) is 11.6 Å². The number of esters is 4. The van der Waals surface area contributed by atoms with Crippen molar-refractivity contribution in [3.8, 4) is 0 Å². The molecule has 0 aromatic carbocycles. The first-order valence-corrected chi connectivity index (χ1v) is 16.7. The number of hydrogen-bond acceptors (Lipinski definition) is 8. The van der Waals surface area contributed by atoms with Gasteiger partial charge in [-0.25, -0.2) is 0 Å². The normalized spacial score (nSPS) is 37.0. The van der Waals surface area contributed by atoms with E-state index in [1.807, 2.05) is 0 Å². The van der Waals surface area contributed by atoms with E-state index in [2.05, 4.69) is 13.8 Å². The number of ether oxygens (including phenoxy) is 4. The first-order valence-electron chi connectivity index (χ1n) is 16.7. The molecule has 6 atom stereocenters. The molecule has 0 radical (unpaired) electrons. The van der Waals surface area contributed by atoms with E-state index >= 15 is 0 Å². The van der Waals surface area contributed by atoms with Crippen LogP contribution in [-0.2, 0) is 38.1 Å². The number of fused-ring (bicyclic) bond motifs is 4. The lowest BCUT2D eigenvalue weighted by Crippen LogP contribution is -2.56. The van der Waals surface area contributed by atoms with Crippen molar-refractivity contribution >= 4 is 23.9 Å². The van der Waals surface area contributed by atoms with E-state index in [1.165, 1.54) is 12.8 Å². The summed E-state index contributed by atoms with van der Waals surface area (Å²) in [7, 11) is 0. The van der Waals surface area contributed by atoms with E-state index in [0.717, 1.165) is 64.2 Å². The lowest BCUT2D eigenvalue weighted by atomic mass is 9.68. The third-order valence-electron chi connectivity index (χ3n) is 11.4. The predicted molar refractivity (Wildman–Crippen MR) is 154 cm³/mol. The summed E-state index contributed by atoms with van der Waals surface area (Å²) in [6, 6.07) is 0. The van der Waals surface area contributed by atoms with Gasteiger partial charge >= 0.3 is 23.9 Å². The second-order valence-corrected chi connectivity index (χ2v) is 14.9. The second-order valence-electron chi connectivity index (χ2n) is 14.9. The summed E-state index contributed by atoms with van der Waals surface area (Å²) in [5.74, 6) is -1.43. The Morgan fingerprint density at radius 2 is 0.857 bits per heavy atom. The Hall–Kier alpha value is -2.12. The maximum atomic E-state index is 12.7. The molecule has 6 rings (SSSR count). The van der Waals surface area contributed by atoms with Crippen LogP contribution in [0.15, 0.2) is 0 Å². The van der Waals surface area contributed by atoms with E-state index in [0.29, 0.717) is 36.5 Å². The molecule has 0 unspecified atom stereocenters. The molecule has 8 heteroatoms. The van der Waals surface area contributed by atoms with Gasteiger partial charge in [0.05, 0.1) is 0 Å². The predicted octanol–water partition coefficient (Wildman–Crippen LogP) is 6.87. The van der Waals surface area contributed by atoms with Gasteiger partial charge in [0.2, 0.25) is 0 Å². The average Bonchev–Trinajstić information content (AvgIpc) is 3.42. The number of hydrogen-bond donors (Lipinski definition) is 0. The highest BCUT2D eigenvalue weighted by molar-refractivity contribution is 6.03. The van der Waals surface area contributed by atoms with Crippen molar-refractivity contribution in [1.29, 1.82) is 0 Å². The summed E-state index contributed by atoms with van der Waals surface area (Å²) in [5.41, 5.74) is -2.03. The Morgan fingerprint density at radius 1 is 0.548 bits per heavy atom. The standard InChI is InChI=1S/2C17H26O4/c2*1-4-7-11-10-17(13-9-6-5-8-12(11)13)14(18)20-16(2,3)21-15(17)19/h2*11-13H,4-10H2,1-3H3/t2*11-,12+,13+/m10/s1. The minimum Gasteiger partial charge on any atom is -0.422 e. The monoisotopic (exact) mass is 588 g/mol. The molecular weight excluding hydrogens is 536 g/mol. The van der Waals surface area contributed by atoms with Gasteiger partial charge in [0.15, 0.2) is 10.8 Å². The van der Waals surface area contributed by atoms with Crippen molar-refractivity contribution in [3.63, 3.8) is 0 Å². The molecule has 236 valence electrons. The van der Waals surface area contributed by atoms with Crippen LogP contribution in [0, 0.1) is 46.3 Å². The third-order valence-corrected chi connectivity index (χ3v) is 11.4. The molecule has 2 aliphatic heterocycles. The van der Waals surface area contributed by atoms with Crippen LogP contribution in [0.5, 0.6) is 0 Å². The molecule has 6 fully saturated rings. The number of cyclic esters (lactones) is 4. The summed E-state index contributed by atoms with van der Waals surface area (Å²) in [6.07, 6.45) is 14.5. The van der Waals surface area contributed by atoms with Crippen LogP contribution in [0.4, 0.5) is 0 Å². The number of rotatable bonds is 4. The van der Waals surface area contributed by atoms with E-state index in [-0.39, 0.29) is 35.7 Å². The zero-order valence-electron chi connectivity index (χ0n) is 26.6. The smallest absolute Gasteiger partial charge is 0.327 e. The zero-order valence-corrected chi connectivity index (χ0v) is 26.6. The minimum atomic E-state index is -1.12. The van der Waals surface area contributed by atoms with Crippen LogP contribution in [0.2, 0.25) is 0 Å². The molecule has 0 aromatic heterocycles. The molecule has 0 N–H and O–H groups in total. The molecule has 2 saturated heterocycles. The van der Waals surface area contributed by atoms with E-state index in [4.69, 9.17) is 18.9 Å². The summed E-state index contributed by atoms with van der Waals surface area (Å²) in [5, 5.41) is 0. The Bertz CT molecular complexity index is 951. The van der Waals surface area contributed by atoms with Crippen LogP contribution in [0.25, 0.3) is 0 Å². The van der Waals surface area contributed by atoms with E-state index in [9.17, 15) is 19.2 Å². The first kappa shape index (κ1) is 31.3. The topological polar surface area (TPSA) is 105 Å². The van der Waals surface area contributed by atoms with Crippen LogP contribution < -0.4 is 0 Å². The molecule has 0 bridgehead atoms. The van der Waals surface area contributed by atoms with Crippen molar-refractivity contribution in [1.82, 2.24) is 0 Å². The van der Waals surface area contributed by atoms with Crippen molar-refractivity contribution < 1.29 is 38.1 Å². The van der Waals surface area contributed by atoms with Gasteiger partial charge < -0.3 is 18.9 Å². The fourth-order valence-corrected chi connectivity index (χ4v) is 9.88. The molecule has 8 nitrogen and oxygen atoms in total. The Labute approximate surface area is 251 Å². The largest absolute Gasteiger partial charge is 0.422 e. The summed E-state index contributed by atoms with van der Waals surface area (Å²) in [6.45, 7) is 10.9. The first-order chi connectivity index (χ1) is 19.8. The van der Waals surface area contributed by atoms with Crippen LogP contribution in [0.3, 0.4) is 0 Å². The highest BCUT2D eigenvalue weighted by atomic mass is 16.8. The molecule has 2 heterocycles. The molecule has 4 aliphatic carbocycles. The maximum Gasteiger partial charge on any atom is 0.327 e. The summed E-state index contributed by atoms with van der Waals surface area (Å²) < 4.78 is 21.9. The van der Waals surface area contributed by atoms with Gasteiger partial charge in [-0.1, -0.05) is 65.2 Å². The fraction of sp³-hybridized carbons (Fsp3) is 0.882. The average molecular weight is 589 g/mol. The van der Waals surface area contributed by atoms with Gasteiger partial charge in [0.1, 0.15) is 0 Å². The van der Waals surface area contributed by atoms with Gasteiger partial charge in [-0.3, -0.25) is 19.2 Å². The highest BCUT2D eigenvalue weighted by Crippen LogP contribution is 2.61. The Balaban J connectivity index is 0.000000168. The second kappa shape index (κ2) is 11.4. The lowest BCUT2D eigenvalue weighted by Gasteiger charge is -2.43. The molecule has 0 aromatic rings. The summed E-state index contributed by atoms with van der Waals surface area (Å²) in [4.78, 5) is 50.9. The van der Waals surface area contributed by atoms with Crippen LogP contribution >= 0.6 is 0 Å².